The third kappa shape index (κ3) is 2.40. The van der Waals surface area contributed by atoms with Gasteiger partial charge in [-0.05, 0) is 19.4 Å². The minimum atomic E-state index is -2.77. The second kappa shape index (κ2) is 6.11. The Morgan fingerprint density at radius 1 is 1.23 bits per heavy atom. The maximum Gasteiger partial charge on any atom is 0.371 e. The van der Waals surface area contributed by atoms with E-state index in [0.717, 1.165) is 42.5 Å². The van der Waals surface area contributed by atoms with Crippen LogP contribution in [0.15, 0.2) is 24.3 Å². The highest BCUT2D eigenvalue weighted by atomic mass is 31.1. The molecule has 0 fully saturated rings. The van der Waals surface area contributed by atoms with Gasteiger partial charge in [0.25, 0.3) is 0 Å². The molecule has 0 aliphatic heterocycles. The van der Waals surface area contributed by atoms with E-state index in [4.69, 9.17) is 0 Å². The molecule has 114 valence electrons. The highest BCUT2D eigenvalue weighted by Crippen LogP contribution is 2.27. The van der Waals surface area contributed by atoms with Gasteiger partial charge in [0.15, 0.2) is 5.52 Å². The van der Waals surface area contributed by atoms with Crippen LogP contribution in [0.25, 0.3) is 21.9 Å². The Hall–Kier alpha value is -1.84. The Balaban J connectivity index is 2.41. The molecule has 5 nitrogen and oxygen atoms in total. The summed E-state index contributed by atoms with van der Waals surface area (Å²) in [5.74, 6) is 0.940. The molecular formula is C16H18N3O2P. The van der Waals surface area contributed by atoms with Gasteiger partial charge in [-0.2, -0.15) is 0 Å². The van der Waals surface area contributed by atoms with Crippen LogP contribution in [0.1, 0.15) is 32.5 Å². The first-order valence-corrected chi connectivity index (χ1v) is 8.77. The molecule has 0 saturated heterocycles. The molecule has 22 heavy (non-hydrogen) atoms. The molecule has 0 spiro atoms. The first-order chi connectivity index (χ1) is 10.7. The normalized spacial score (nSPS) is 12.2. The molecule has 0 bridgehead atoms. The Labute approximate surface area is 129 Å². The topological polar surface area (TPSA) is 70.8 Å². The Kier molecular flexibility index (Phi) is 4.19. The van der Waals surface area contributed by atoms with E-state index in [2.05, 4.69) is 28.4 Å². The minimum absolute atomic E-state index is 0.0775. The average Bonchev–Trinajstić information content (AvgIpc) is 2.90. The van der Waals surface area contributed by atoms with E-state index in [0.29, 0.717) is 11.0 Å². The molecule has 0 radical (unpaired) electrons. The van der Waals surface area contributed by atoms with Crippen LogP contribution in [0.3, 0.4) is 0 Å². The van der Waals surface area contributed by atoms with Gasteiger partial charge in [-0.3, -0.25) is 0 Å². The van der Waals surface area contributed by atoms with E-state index in [1.165, 1.54) is 0 Å². The minimum Gasteiger partial charge on any atom is -0.589 e. The average molecular weight is 315 g/mol. The fraction of sp³-hybridized carbons (Fsp3) is 0.375. The molecule has 6 heteroatoms. The molecule has 2 aromatic heterocycles. The first kappa shape index (κ1) is 15.1. The number of fused-ring (bicyclic) bond motifs is 3. The third-order valence-corrected chi connectivity index (χ3v) is 4.54. The molecule has 0 aliphatic carbocycles. The fourth-order valence-corrected chi connectivity index (χ4v) is 3.38. The highest BCUT2D eigenvalue weighted by Gasteiger charge is 2.23. The number of unbranched alkanes of at least 4 members (excludes halogenated alkanes) is 1. The molecule has 0 saturated carbocycles. The number of aromatic nitrogens is 3. The summed E-state index contributed by atoms with van der Waals surface area (Å²) in [5.41, 5.74) is 2.16. The van der Waals surface area contributed by atoms with Crippen molar-refractivity contribution < 1.29 is 9.46 Å². The second-order valence-corrected chi connectivity index (χ2v) is 6.22. The van der Waals surface area contributed by atoms with E-state index in [1.54, 1.807) is 0 Å². The highest BCUT2D eigenvalue weighted by molar-refractivity contribution is 7.46. The van der Waals surface area contributed by atoms with Crippen molar-refractivity contribution in [3.8, 4) is 0 Å². The van der Waals surface area contributed by atoms with Crippen molar-refractivity contribution in [1.29, 1.82) is 0 Å². The summed E-state index contributed by atoms with van der Waals surface area (Å²) in [6.45, 7) is 4.96. The van der Waals surface area contributed by atoms with Gasteiger partial charge < -0.3 is 9.46 Å². The van der Waals surface area contributed by atoms with E-state index in [9.17, 15) is 9.46 Å². The lowest BCUT2D eigenvalue weighted by atomic mass is 10.2. The van der Waals surface area contributed by atoms with Crippen molar-refractivity contribution in [3.63, 3.8) is 0 Å². The predicted molar refractivity (Wildman–Crippen MR) is 86.6 cm³/mol. The zero-order chi connectivity index (χ0) is 15.7. The van der Waals surface area contributed by atoms with Gasteiger partial charge in [0.05, 0.1) is 11.0 Å². The van der Waals surface area contributed by atoms with E-state index < -0.39 is 8.03 Å². The summed E-state index contributed by atoms with van der Waals surface area (Å²) < 4.78 is 13.7. The van der Waals surface area contributed by atoms with Crippen LogP contribution in [-0.4, -0.2) is 14.5 Å². The van der Waals surface area contributed by atoms with E-state index >= 15 is 0 Å². The second-order valence-electron chi connectivity index (χ2n) is 5.28. The predicted octanol–water partition coefficient (Wildman–Crippen LogP) is 2.68. The number of nitrogens with zero attached hydrogens (tertiary/aromatic N) is 3. The first-order valence-electron chi connectivity index (χ1n) is 7.59. The van der Waals surface area contributed by atoms with Crippen LogP contribution in [0, 0.1) is 0 Å². The van der Waals surface area contributed by atoms with Crippen molar-refractivity contribution in [2.75, 3.05) is 0 Å². The van der Waals surface area contributed by atoms with Crippen LogP contribution in [0.5, 0.6) is 0 Å². The van der Waals surface area contributed by atoms with Gasteiger partial charge in [-0.25, -0.2) is 9.97 Å². The van der Waals surface area contributed by atoms with Gasteiger partial charge in [-0.15, -0.1) is 0 Å². The summed E-state index contributed by atoms with van der Waals surface area (Å²) in [6.07, 6.45) is 2.96. The van der Waals surface area contributed by atoms with Crippen LogP contribution < -0.4 is 10.3 Å². The summed E-state index contributed by atoms with van der Waals surface area (Å²) in [7, 11) is -2.77. The van der Waals surface area contributed by atoms with Crippen molar-refractivity contribution in [1.82, 2.24) is 14.5 Å². The van der Waals surface area contributed by atoms with Crippen LogP contribution >= 0.6 is 8.03 Å². The zero-order valence-corrected chi connectivity index (χ0v) is 13.6. The zero-order valence-electron chi connectivity index (χ0n) is 12.7. The maximum absolute atomic E-state index is 11.6. The van der Waals surface area contributed by atoms with Gasteiger partial charge in [0, 0.05) is 18.4 Å². The van der Waals surface area contributed by atoms with Gasteiger partial charge >= 0.3 is 13.5 Å². The maximum atomic E-state index is 11.6. The number of hydrogen-bond acceptors (Lipinski definition) is 4. The number of rotatable bonds is 5. The number of pyridine rings is 1. The SMILES string of the molecule is CCCCc1nc2c([P+](=O)[O-])nc3ccccc3c2n1CC. The number of hydrogen-bond donors (Lipinski definition) is 0. The van der Waals surface area contributed by atoms with Crippen molar-refractivity contribution in [2.24, 2.45) is 0 Å². The molecule has 0 N–H and O–H groups in total. The molecule has 0 aliphatic rings. The lowest BCUT2D eigenvalue weighted by Gasteiger charge is -2.07. The molecule has 3 rings (SSSR count). The van der Waals surface area contributed by atoms with E-state index in [-0.39, 0.29) is 5.44 Å². The molecule has 1 unspecified atom stereocenters. The van der Waals surface area contributed by atoms with Crippen LogP contribution in [0.2, 0.25) is 0 Å². The largest absolute Gasteiger partial charge is 0.589 e. The molecule has 2 heterocycles. The molecule has 1 atom stereocenters. The monoisotopic (exact) mass is 315 g/mol. The Morgan fingerprint density at radius 3 is 2.68 bits per heavy atom. The van der Waals surface area contributed by atoms with E-state index in [1.807, 2.05) is 24.3 Å². The molecule has 0 amide bonds. The van der Waals surface area contributed by atoms with Gasteiger partial charge in [0.2, 0.25) is 0 Å². The summed E-state index contributed by atoms with van der Waals surface area (Å²) >= 11 is 0. The number of imidazole rings is 1. The quantitative estimate of drug-likeness (QED) is 0.679. The Morgan fingerprint density at radius 2 is 2.00 bits per heavy atom. The third-order valence-electron chi connectivity index (χ3n) is 3.89. The van der Waals surface area contributed by atoms with Gasteiger partial charge in [0.1, 0.15) is 5.82 Å². The smallest absolute Gasteiger partial charge is 0.371 e. The number of para-hydroxylation sites is 1. The molecular weight excluding hydrogens is 297 g/mol. The van der Waals surface area contributed by atoms with Crippen molar-refractivity contribution in [3.05, 3.63) is 30.1 Å². The van der Waals surface area contributed by atoms with Crippen molar-refractivity contribution in [2.45, 2.75) is 39.7 Å². The Bertz CT molecular complexity index is 857. The summed E-state index contributed by atoms with van der Waals surface area (Å²) in [6, 6.07) is 7.63. The number of aryl methyl sites for hydroxylation is 2. The standard InChI is InChI=1S/C16H18N3O2P/c1-3-5-10-13-18-14-15(19(13)4-2)11-8-6-7-9-12(11)17-16(14)22(20)21/h6-9H,3-5,10H2,1-2H3. The molecule has 3 aromatic rings. The summed E-state index contributed by atoms with van der Waals surface area (Å²) in [4.78, 5) is 20.5. The summed E-state index contributed by atoms with van der Waals surface area (Å²) in [5, 5.41) is 0.954. The van der Waals surface area contributed by atoms with Crippen molar-refractivity contribution >= 4 is 35.4 Å². The van der Waals surface area contributed by atoms with Crippen LogP contribution in [-0.2, 0) is 17.5 Å². The van der Waals surface area contributed by atoms with Gasteiger partial charge in [-0.1, -0.05) is 36.1 Å². The fourth-order valence-electron chi connectivity index (χ4n) is 2.86. The van der Waals surface area contributed by atoms with Crippen LogP contribution in [0.4, 0.5) is 0 Å². The number of benzene rings is 1. The molecule has 1 aromatic carbocycles. The lowest BCUT2D eigenvalue weighted by Crippen LogP contribution is -2.11. The lowest BCUT2D eigenvalue weighted by molar-refractivity contribution is -0.160.